The minimum absolute atomic E-state index is 0.0689. The van der Waals surface area contributed by atoms with Gasteiger partial charge in [-0.2, -0.15) is 5.26 Å². The van der Waals surface area contributed by atoms with E-state index >= 15 is 0 Å². The van der Waals surface area contributed by atoms with E-state index in [0.29, 0.717) is 19.7 Å². The normalized spacial score (nSPS) is 17.9. The highest BCUT2D eigenvalue weighted by Crippen LogP contribution is 2.38. The van der Waals surface area contributed by atoms with Gasteiger partial charge in [0.2, 0.25) is 20.9 Å². The Morgan fingerprint density at radius 3 is 2.77 bits per heavy atom. The summed E-state index contributed by atoms with van der Waals surface area (Å²) in [6.45, 7) is 4.14. The molecule has 0 saturated carbocycles. The molecule has 1 saturated heterocycles. The molecule has 10 nitrogen and oxygen atoms in total. The summed E-state index contributed by atoms with van der Waals surface area (Å²) in [7, 11) is -4.50. The van der Waals surface area contributed by atoms with E-state index < -0.39 is 42.1 Å². The standard InChI is InChI=1S/C18H18FN5O5S/c1-11-10-23(6-7-29-11)18-17(24(25)26)16(21-12(2)22-18)15(9-20)30(27,28)14-5-3-4-13(19)8-14/h3-5,8,11,15H,6-7,10H2,1-2H3. The van der Waals surface area contributed by atoms with E-state index in [0.717, 1.165) is 18.2 Å². The van der Waals surface area contributed by atoms with Crippen LogP contribution in [-0.4, -0.2) is 49.1 Å². The number of nitrogens with zero attached hydrogens (tertiary/aromatic N) is 5. The number of hydrogen-bond acceptors (Lipinski definition) is 9. The molecule has 1 fully saturated rings. The third kappa shape index (κ3) is 4.07. The number of anilines is 1. The molecule has 158 valence electrons. The van der Waals surface area contributed by atoms with E-state index in [1.165, 1.54) is 13.0 Å². The van der Waals surface area contributed by atoms with Gasteiger partial charge >= 0.3 is 5.69 Å². The van der Waals surface area contributed by atoms with Gasteiger partial charge in [0.25, 0.3) is 0 Å². The van der Waals surface area contributed by atoms with Crippen molar-refractivity contribution in [3.63, 3.8) is 0 Å². The Morgan fingerprint density at radius 1 is 1.43 bits per heavy atom. The van der Waals surface area contributed by atoms with Gasteiger partial charge in [-0.25, -0.2) is 22.8 Å². The zero-order chi connectivity index (χ0) is 22.1. The molecule has 1 aromatic heterocycles. The van der Waals surface area contributed by atoms with Crippen LogP contribution in [0.3, 0.4) is 0 Å². The van der Waals surface area contributed by atoms with Crippen molar-refractivity contribution in [2.24, 2.45) is 0 Å². The van der Waals surface area contributed by atoms with E-state index in [1.54, 1.807) is 17.9 Å². The molecule has 30 heavy (non-hydrogen) atoms. The molecule has 0 bridgehead atoms. The highest BCUT2D eigenvalue weighted by Gasteiger charge is 2.40. The van der Waals surface area contributed by atoms with Crippen LogP contribution in [0.2, 0.25) is 0 Å². The van der Waals surface area contributed by atoms with Crippen LogP contribution in [0.1, 0.15) is 23.7 Å². The number of aromatic nitrogens is 2. The average Bonchev–Trinajstić information content (AvgIpc) is 2.67. The first-order valence-corrected chi connectivity index (χ1v) is 10.5. The fourth-order valence-electron chi connectivity index (χ4n) is 3.22. The molecule has 0 aliphatic carbocycles. The van der Waals surface area contributed by atoms with Crippen molar-refractivity contribution in [1.82, 2.24) is 9.97 Å². The highest BCUT2D eigenvalue weighted by atomic mass is 32.2. The summed E-state index contributed by atoms with van der Waals surface area (Å²) in [5.74, 6) is -0.823. The molecule has 2 unspecified atom stereocenters. The summed E-state index contributed by atoms with van der Waals surface area (Å²) in [5.41, 5.74) is -1.21. The molecule has 3 rings (SSSR count). The Hall–Kier alpha value is -3.17. The molecule has 1 aliphatic heterocycles. The molecule has 2 atom stereocenters. The zero-order valence-corrected chi connectivity index (χ0v) is 17.0. The number of hydrogen-bond donors (Lipinski definition) is 0. The SMILES string of the molecule is Cc1nc(C(C#N)S(=O)(=O)c2cccc(F)c2)c([N+](=O)[O-])c(N2CCOC(C)C2)n1. The molecule has 1 aliphatic rings. The predicted octanol–water partition coefficient (Wildman–Crippen LogP) is 2.10. The van der Waals surface area contributed by atoms with Crippen molar-refractivity contribution >= 4 is 21.3 Å². The predicted molar refractivity (Wildman–Crippen MR) is 103 cm³/mol. The molecule has 0 N–H and O–H groups in total. The van der Waals surface area contributed by atoms with Gasteiger partial charge in [0, 0.05) is 13.1 Å². The third-order valence-corrected chi connectivity index (χ3v) is 6.39. The maximum absolute atomic E-state index is 13.6. The van der Waals surface area contributed by atoms with Crippen LogP contribution in [0, 0.1) is 34.2 Å². The summed E-state index contributed by atoms with van der Waals surface area (Å²) >= 11 is 0. The van der Waals surface area contributed by atoms with Gasteiger partial charge in [-0.15, -0.1) is 0 Å². The number of halogens is 1. The third-order valence-electron chi connectivity index (χ3n) is 4.53. The fraction of sp³-hybridized carbons (Fsp3) is 0.389. The van der Waals surface area contributed by atoms with Crippen LogP contribution in [0.25, 0.3) is 0 Å². The monoisotopic (exact) mass is 435 g/mol. The Morgan fingerprint density at radius 2 is 2.17 bits per heavy atom. The van der Waals surface area contributed by atoms with E-state index in [9.17, 15) is 28.2 Å². The Kier molecular flexibility index (Phi) is 5.95. The lowest BCUT2D eigenvalue weighted by Gasteiger charge is -2.32. The minimum atomic E-state index is -4.50. The fourth-order valence-corrected chi connectivity index (χ4v) is 4.63. The summed E-state index contributed by atoms with van der Waals surface area (Å²) in [6, 6.07) is 5.69. The summed E-state index contributed by atoms with van der Waals surface area (Å²) in [5, 5.41) is 19.6. The number of rotatable bonds is 5. The number of aryl methyl sites for hydroxylation is 1. The molecular formula is C18H18FN5O5S. The Labute approximate surface area is 172 Å². The Balaban J connectivity index is 2.21. The first-order chi connectivity index (χ1) is 14.1. The van der Waals surface area contributed by atoms with Gasteiger partial charge in [-0.05, 0) is 32.0 Å². The molecule has 0 spiro atoms. The number of sulfone groups is 1. The second kappa shape index (κ2) is 8.29. The van der Waals surface area contributed by atoms with Crippen molar-refractivity contribution < 1.29 is 22.5 Å². The maximum Gasteiger partial charge on any atom is 0.335 e. The summed E-state index contributed by atoms with van der Waals surface area (Å²) in [6.07, 6.45) is -0.222. The number of nitriles is 1. The first kappa shape index (κ1) is 21.5. The van der Waals surface area contributed by atoms with Crippen LogP contribution >= 0.6 is 0 Å². The minimum Gasteiger partial charge on any atom is -0.375 e. The molecule has 0 amide bonds. The molecule has 1 aromatic carbocycles. The van der Waals surface area contributed by atoms with Crippen molar-refractivity contribution in [2.75, 3.05) is 24.6 Å². The first-order valence-electron chi connectivity index (χ1n) is 8.93. The lowest BCUT2D eigenvalue weighted by Crippen LogP contribution is -2.42. The molecular weight excluding hydrogens is 417 g/mol. The quantitative estimate of drug-likeness (QED) is 0.510. The van der Waals surface area contributed by atoms with Crippen molar-refractivity contribution in [1.29, 1.82) is 5.26 Å². The van der Waals surface area contributed by atoms with Gasteiger partial charge in [0.15, 0.2) is 5.69 Å². The van der Waals surface area contributed by atoms with Crippen LogP contribution in [-0.2, 0) is 14.6 Å². The topological polar surface area (TPSA) is 139 Å². The van der Waals surface area contributed by atoms with Crippen LogP contribution in [0.4, 0.5) is 15.9 Å². The second-order valence-electron chi connectivity index (χ2n) is 6.72. The zero-order valence-electron chi connectivity index (χ0n) is 16.1. The van der Waals surface area contributed by atoms with E-state index in [-0.39, 0.29) is 17.7 Å². The lowest BCUT2D eigenvalue weighted by molar-refractivity contribution is -0.385. The summed E-state index contributed by atoms with van der Waals surface area (Å²) in [4.78, 5) is 20.4. The lowest BCUT2D eigenvalue weighted by atomic mass is 10.2. The van der Waals surface area contributed by atoms with Crippen molar-refractivity contribution in [3.8, 4) is 6.07 Å². The van der Waals surface area contributed by atoms with Crippen LogP contribution in [0.15, 0.2) is 29.2 Å². The molecule has 0 radical (unpaired) electrons. The highest BCUT2D eigenvalue weighted by molar-refractivity contribution is 7.92. The van der Waals surface area contributed by atoms with Crippen LogP contribution in [0.5, 0.6) is 0 Å². The number of ether oxygens (including phenoxy) is 1. The molecule has 12 heteroatoms. The number of benzene rings is 1. The van der Waals surface area contributed by atoms with Crippen LogP contribution < -0.4 is 4.90 Å². The molecule has 2 heterocycles. The van der Waals surface area contributed by atoms with Gasteiger partial charge < -0.3 is 9.64 Å². The smallest absolute Gasteiger partial charge is 0.335 e. The van der Waals surface area contributed by atoms with Gasteiger partial charge in [0.05, 0.1) is 28.6 Å². The van der Waals surface area contributed by atoms with Gasteiger partial charge in [-0.1, -0.05) is 6.07 Å². The van der Waals surface area contributed by atoms with E-state index in [1.807, 2.05) is 0 Å². The summed E-state index contributed by atoms with van der Waals surface area (Å²) < 4.78 is 45.1. The average molecular weight is 435 g/mol. The van der Waals surface area contributed by atoms with Crippen molar-refractivity contribution in [3.05, 3.63) is 51.7 Å². The maximum atomic E-state index is 13.6. The largest absolute Gasteiger partial charge is 0.375 e. The number of nitro groups is 1. The van der Waals surface area contributed by atoms with E-state index in [4.69, 9.17) is 4.74 Å². The second-order valence-corrected chi connectivity index (χ2v) is 8.76. The van der Waals surface area contributed by atoms with Gasteiger partial charge in [-0.3, -0.25) is 10.1 Å². The van der Waals surface area contributed by atoms with Gasteiger partial charge in [0.1, 0.15) is 11.6 Å². The van der Waals surface area contributed by atoms with E-state index in [2.05, 4.69) is 9.97 Å². The van der Waals surface area contributed by atoms with Crippen molar-refractivity contribution in [2.45, 2.75) is 30.1 Å². The Bertz CT molecular complexity index is 1130. The number of morpholine rings is 1. The molecule has 2 aromatic rings.